The van der Waals surface area contributed by atoms with E-state index in [4.69, 9.17) is 5.11 Å². The first-order valence-electron chi connectivity index (χ1n) is 12.6. The number of β-amino-alcohol motifs (C(OH)–C–C–N with tert-alkyl or cyclic N) is 1. The Morgan fingerprint density at radius 3 is 1.90 bits per heavy atom. The minimum Gasteiger partial charge on any atom is -0.395 e. The van der Waals surface area contributed by atoms with Gasteiger partial charge in [0.25, 0.3) is 0 Å². The van der Waals surface area contributed by atoms with Crippen molar-refractivity contribution >= 4 is 11.6 Å². The van der Waals surface area contributed by atoms with Crippen molar-refractivity contribution in [3.8, 4) is 0 Å². The average Bonchev–Trinajstić information content (AvgIpc) is 2.73. The van der Waals surface area contributed by atoms with Crippen LogP contribution in [0.1, 0.15) is 51.4 Å². The van der Waals surface area contributed by atoms with Crippen LogP contribution in [0, 0.1) is 29.1 Å². The van der Waals surface area contributed by atoms with Gasteiger partial charge in [0.15, 0.2) is 11.6 Å². The first-order valence-corrected chi connectivity index (χ1v) is 12.6. The van der Waals surface area contributed by atoms with E-state index in [1.165, 1.54) is 38.5 Å². The Hall–Kier alpha value is -1.24. The average molecular weight is 430 g/mol. The van der Waals surface area contributed by atoms with Crippen LogP contribution >= 0.6 is 0 Å². The van der Waals surface area contributed by atoms with Crippen LogP contribution in [0.2, 0.25) is 0 Å². The third-order valence-corrected chi connectivity index (χ3v) is 9.12. The summed E-state index contributed by atoms with van der Waals surface area (Å²) in [6.45, 7) is 6.63. The molecule has 6 rings (SSSR count). The Morgan fingerprint density at radius 2 is 1.39 bits per heavy atom. The summed E-state index contributed by atoms with van der Waals surface area (Å²) in [5, 5.41) is 12.3. The van der Waals surface area contributed by atoms with Crippen LogP contribution in [0.25, 0.3) is 0 Å². The van der Waals surface area contributed by atoms with Gasteiger partial charge in [-0.25, -0.2) is 0 Å². The van der Waals surface area contributed by atoms with Gasteiger partial charge in [-0.1, -0.05) is 0 Å². The number of ketones is 2. The number of carbonyl (C=O) groups excluding carboxylic acids is 2. The van der Waals surface area contributed by atoms with Crippen molar-refractivity contribution < 1.29 is 14.7 Å². The molecule has 4 bridgehead atoms. The number of carbonyl (C=O) groups is 2. The fourth-order valence-corrected chi connectivity index (χ4v) is 7.94. The molecule has 0 aromatic heterocycles. The van der Waals surface area contributed by atoms with Crippen molar-refractivity contribution in [1.29, 1.82) is 0 Å². The molecule has 6 heteroatoms. The molecule has 5 saturated carbocycles. The zero-order valence-corrected chi connectivity index (χ0v) is 18.9. The number of Topliss-reactive ketones (excluding diaryl/α,β-unsaturated/α-hetero) is 2. The molecule has 1 heterocycles. The number of nitrogens with zero attached hydrogens (tertiary/aromatic N) is 2. The molecule has 31 heavy (non-hydrogen) atoms. The van der Waals surface area contributed by atoms with Gasteiger partial charge in [-0.2, -0.15) is 0 Å². The summed E-state index contributed by atoms with van der Waals surface area (Å²) in [6.07, 6.45) is 10.9. The maximum Gasteiger partial charge on any atom is 0.168 e. The van der Waals surface area contributed by atoms with Crippen molar-refractivity contribution in [1.82, 2.24) is 15.1 Å². The number of piperazine rings is 1. The molecule has 6 aliphatic rings. The highest BCUT2D eigenvalue weighted by Crippen LogP contribution is 2.64. The molecule has 0 unspecified atom stereocenters. The molecule has 6 nitrogen and oxygen atoms in total. The highest BCUT2D eigenvalue weighted by molar-refractivity contribution is 6.21. The van der Waals surface area contributed by atoms with Crippen molar-refractivity contribution in [2.45, 2.75) is 51.4 Å². The topological polar surface area (TPSA) is 72.9 Å². The Morgan fingerprint density at radius 1 is 0.871 bits per heavy atom. The minimum atomic E-state index is 0.0714. The van der Waals surface area contributed by atoms with Crippen LogP contribution < -0.4 is 5.32 Å². The summed E-state index contributed by atoms with van der Waals surface area (Å²) in [5.74, 6) is 3.01. The van der Waals surface area contributed by atoms with E-state index in [1.54, 1.807) is 6.20 Å². The number of hydrogen-bond acceptors (Lipinski definition) is 6. The largest absolute Gasteiger partial charge is 0.395 e. The molecule has 0 spiro atoms. The van der Waals surface area contributed by atoms with Gasteiger partial charge < -0.3 is 10.4 Å². The van der Waals surface area contributed by atoms with Gasteiger partial charge in [0.05, 0.1) is 12.2 Å². The summed E-state index contributed by atoms with van der Waals surface area (Å²) in [7, 11) is 0. The smallest absolute Gasteiger partial charge is 0.168 e. The second-order valence-corrected chi connectivity index (χ2v) is 11.2. The number of rotatable bonds is 7. The zero-order chi connectivity index (χ0) is 21.4. The van der Waals surface area contributed by atoms with Crippen LogP contribution in [0.15, 0.2) is 11.8 Å². The maximum atomic E-state index is 12.9. The molecule has 0 amide bonds. The Labute approximate surface area is 186 Å². The van der Waals surface area contributed by atoms with Crippen molar-refractivity contribution in [2.24, 2.45) is 29.1 Å². The molecule has 5 aliphatic carbocycles. The van der Waals surface area contributed by atoms with E-state index < -0.39 is 0 Å². The summed E-state index contributed by atoms with van der Waals surface area (Å²) in [5.41, 5.74) is 0.700. The van der Waals surface area contributed by atoms with Crippen molar-refractivity contribution in [3.63, 3.8) is 0 Å². The van der Waals surface area contributed by atoms with Crippen LogP contribution in [0.5, 0.6) is 0 Å². The fourth-order valence-electron chi connectivity index (χ4n) is 7.94. The van der Waals surface area contributed by atoms with E-state index in [0.29, 0.717) is 18.4 Å². The molecule has 0 aromatic carbocycles. The molecule has 0 radical (unpaired) electrons. The van der Waals surface area contributed by atoms with E-state index >= 15 is 0 Å². The molecule has 1 saturated heterocycles. The number of allylic oxidation sites excluding steroid dienone is 1. The van der Waals surface area contributed by atoms with Crippen LogP contribution in [-0.4, -0.2) is 78.9 Å². The maximum absolute atomic E-state index is 12.9. The number of hydrogen-bond donors (Lipinski definition) is 2. The monoisotopic (exact) mass is 429 g/mol. The quantitative estimate of drug-likeness (QED) is 0.366. The van der Waals surface area contributed by atoms with Gasteiger partial charge in [0, 0.05) is 64.9 Å². The van der Waals surface area contributed by atoms with Crippen LogP contribution in [0.3, 0.4) is 0 Å². The van der Waals surface area contributed by atoms with Crippen molar-refractivity contribution in [2.75, 3.05) is 52.4 Å². The molecule has 1 aliphatic heterocycles. The van der Waals surface area contributed by atoms with Gasteiger partial charge in [-0.05, 0) is 67.6 Å². The van der Waals surface area contributed by atoms with E-state index in [0.717, 1.165) is 63.6 Å². The summed E-state index contributed by atoms with van der Waals surface area (Å²) in [6, 6.07) is 0. The van der Waals surface area contributed by atoms with Gasteiger partial charge in [-0.15, -0.1) is 0 Å². The molecule has 2 N–H and O–H groups in total. The van der Waals surface area contributed by atoms with Gasteiger partial charge >= 0.3 is 0 Å². The van der Waals surface area contributed by atoms with Crippen LogP contribution in [0.4, 0.5) is 0 Å². The van der Waals surface area contributed by atoms with Gasteiger partial charge in [-0.3, -0.25) is 19.4 Å². The first kappa shape index (κ1) is 21.6. The molecule has 0 atom stereocenters. The lowest BCUT2D eigenvalue weighted by Crippen LogP contribution is -2.51. The van der Waals surface area contributed by atoms with Gasteiger partial charge in [0.1, 0.15) is 0 Å². The number of nitrogens with one attached hydrogen (secondary N) is 1. The predicted molar refractivity (Wildman–Crippen MR) is 119 cm³/mol. The van der Waals surface area contributed by atoms with Gasteiger partial charge in [0.2, 0.25) is 0 Å². The minimum absolute atomic E-state index is 0.0714. The lowest BCUT2D eigenvalue weighted by atomic mass is 9.45. The molecule has 6 fully saturated rings. The van der Waals surface area contributed by atoms with E-state index in [9.17, 15) is 9.59 Å². The third kappa shape index (κ3) is 4.49. The standard InChI is InChI=1S/C25H39N3O3/c29-8-7-28-5-3-27(4-6-28)2-1-26-17-22-23(30)12-21(13-24(22)31)25-14-18-9-19(15-25)11-20(10-18)16-25/h17-21,26,29H,1-16H2/t18-,19-,20?,21?,25-/m1/s1. The number of aliphatic hydroxyl groups is 1. The van der Waals surface area contributed by atoms with Crippen molar-refractivity contribution in [3.05, 3.63) is 11.8 Å². The van der Waals surface area contributed by atoms with E-state index in [2.05, 4.69) is 15.1 Å². The molecule has 0 aromatic rings. The lowest BCUT2D eigenvalue weighted by Gasteiger charge is -2.60. The van der Waals surface area contributed by atoms with E-state index in [1.807, 2.05) is 0 Å². The molecule has 172 valence electrons. The zero-order valence-electron chi connectivity index (χ0n) is 18.9. The second kappa shape index (κ2) is 8.95. The Kier molecular flexibility index (Phi) is 6.24. The fraction of sp³-hybridized carbons (Fsp3) is 0.840. The SMILES string of the molecule is O=C1CC([C@]23CC4C[C@@H](C[C@H](C4)C2)C3)CC(=O)C1=CNCCN1CCN(CCO)CC1. The predicted octanol–water partition coefficient (Wildman–Crippen LogP) is 1.83. The summed E-state index contributed by atoms with van der Waals surface area (Å²) >= 11 is 0. The highest BCUT2D eigenvalue weighted by atomic mass is 16.3. The summed E-state index contributed by atoms with van der Waals surface area (Å²) < 4.78 is 0. The first-order chi connectivity index (χ1) is 15.0. The highest BCUT2D eigenvalue weighted by Gasteiger charge is 2.55. The van der Waals surface area contributed by atoms with E-state index in [-0.39, 0.29) is 29.5 Å². The Bertz CT molecular complexity index is 670. The lowest BCUT2D eigenvalue weighted by molar-refractivity contribution is -0.135. The third-order valence-electron chi connectivity index (χ3n) is 9.12. The van der Waals surface area contributed by atoms with Crippen LogP contribution in [-0.2, 0) is 9.59 Å². The molecular formula is C25H39N3O3. The number of aliphatic hydroxyl groups excluding tert-OH is 1. The molecular weight excluding hydrogens is 390 g/mol. The summed E-state index contributed by atoms with van der Waals surface area (Å²) in [4.78, 5) is 30.6. The Balaban J connectivity index is 1.11. The normalized spacial score (nSPS) is 38.7. The second-order valence-electron chi connectivity index (χ2n) is 11.2.